The molecule has 1 aliphatic carbocycles. The molecule has 2 fully saturated rings. The number of nitrogens with zero attached hydrogens (tertiary/aromatic N) is 3. The highest BCUT2D eigenvalue weighted by Gasteiger charge is 2.41. The summed E-state index contributed by atoms with van der Waals surface area (Å²) in [5, 5.41) is 14.1. The molecule has 1 aliphatic heterocycles. The second-order valence-corrected chi connectivity index (χ2v) is 14.8. The van der Waals surface area contributed by atoms with Gasteiger partial charge in [-0.05, 0) is 71.4 Å². The molecule has 2 N–H and O–H groups in total. The van der Waals surface area contributed by atoms with E-state index in [1.54, 1.807) is 62.2 Å². The summed E-state index contributed by atoms with van der Waals surface area (Å²) in [6, 6.07) is 4.82. The molecule has 1 aromatic carbocycles. The molecule has 13 nitrogen and oxygen atoms in total. The number of carboxylic acid groups (broad SMARTS) is 1. The summed E-state index contributed by atoms with van der Waals surface area (Å²) < 4.78 is 16.4. The second-order valence-electron chi connectivity index (χ2n) is 13.9. The minimum absolute atomic E-state index is 0.0280. The first-order chi connectivity index (χ1) is 23.7. The number of likely N-dealkylation sites (N-methyl/N-ethyl adjacent to an activating group) is 1. The molecule has 1 saturated carbocycles. The van der Waals surface area contributed by atoms with Crippen LogP contribution in [0.5, 0.6) is 5.75 Å². The van der Waals surface area contributed by atoms with Crippen molar-refractivity contribution in [2.24, 2.45) is 5.92 Å². The van der Waals surface area contributed by atoms with Gasteiger partial charge in [-0.3, -0.25) is 24.1 Å². The molecule has 4 rings (SSSR count). The normalized spacial score (nSPS) is 17.9. The maximum absolute atomic E-state index is 14.3. The largest absolute Gasteiger partial charge is 0.491 e. The molecule has 2 heterocycles. The van der Waals surface area contributed by atoms with Crippen LogP contribution in [0.15, 0.2) is 29.6 Å². The molecular formula is C36H50N4O9S. The number of carbonyl (C=O) groups excluding carboxylic acids is 4. The smallest absolute Gasteiger partial charge is 0.410 e. The van der Waals surface area contributed by atoms with Crippen molar-refractivity contribution in [3.63, 3.8) is 0 Å². The molecule has 0 spiro atoms. The van der Waals surface area contributed by atoms with Crippen molar-refractivity contribution in [2.75, 3.05) is 33.4 Å². The number of aliphatic carboxylic acids is 1. The molecular weight excluding hydrogens is 664 g/mol. The molecule has 3 atom stereocenters. The van der Waals surface area contributed by atoms with Gasteiger partial charge in [-0.25, -0.2) is 9.78 Å². The van der Waals surface area contributed by atoms with E-state index >= 15 is 0 Å². The quantitative estimate of drug-likeness (QED) is 0.184. The summed E-state index contributed by atoms with van der Waals surface area (Å²) in [5.41, 5.74) is -0.0425. The fourth-order valence-electron chi connectivity index (χ4n) is 6.16. The third-order valence-corrected chi connectivity index (χ3v) is 9.90. The highest BCUT2D eigenvalue weighted by atomic mass is 32.1. The van der Waals surface area contributed by atoms with Crippen molar-refractivity contribution in [1.29, 1.82) is 0 Å². The Morgan fingerprint density at radius 2 is 1.80 bits per heavy atom. The molecule has 1 saturated heterocycles. The van der Waals surface area contributed by atoms with Crippen LogP contribution in [0.2, 0.25) is 0 Å². The van der Waals surface area contributed by atoms with E-state index in [2.05, 4.69) is 5.32 Å². The van der Waals surface area contributed by atoms with Gasteiger partial charge in [0.25, 0.3) is 0 Å². The Morgan fingerprint density at radius 3 is 2.50 bits per heavy atom. The Kier molecular flexibility index (Phi) is 13.8. The monoisotopic (exact) mass is 714 g/mol. The lowest BCUT2D eigenvalue weighted by atomic mass is 9.83. The number of nitrogens with one attached hydrogen (secondary N) is 1. The zero-order valence-electron chi connectivity index (χ0n) is 29.6. The lowest BCUT2D eigenvalue weighted by Gasteiger charge is -2.36. The van der Waals surface area contributed by atoms with Gasteiger partial charge in [0.1, 0.15) is 40.7 Å². The van der Waals surface area contributed by atoms with E-state index in [9.17, 15) is 24.0 Å². The van der Waals surface area contributed by atoms with Crippen LogP contribution in [0.25, 0.3) is 0 Å². The summed E-state index contributed by atoms with van der Waals surface area (Å²) >= 11 is 1.34. The van der Waals surface area contributed by atoms with E-state index < -0.39 is 35.7 Å². The van der Waals surface area contributed by atoms with Gasteiger partial charge in [-0.15, -0.1) is 11.3 Å². The van der Waals surface area contributed by atoms with Crippen molar-refractivity contribution >= 4 is 41.0 Å². The van der Waals surface area contributed by atoms with Crippen LogP contribution in [0, 0.1) is 5.92 Å². The minimum atomic E-state index is -0.932. The van der Waals surface area contributed by atoms with Crippen molar-refractivity contribution in [3.05, 3.63) is 45.9 Å². The first-order valence-electron chi connectivity index (χ1n) is 17.3. The minimum Gasteiger partial charge on any atom is -0.491 e. The van der Waals surface area contributed by atoms with Gasteiger partial charge >= 0.3 is 12.1 Å². The first-order valence-corrected chi connectivity index (χ1v) is 18.2. The first kappa shape index (κ1) is 38.8. The van der Waals surface area contributed by atoms with Crippen molar-refractivity contribution in [2.45, 2.75) is 103 Å². The molecule has 1 aromatic heterocycles. The van der Waals surface area contributed by atoms with E-state index in [-0.39, 0.29) is 55.6 Å². The van der Waals surface area contributed by atoms with Crippen LogP contribution in [-0.4, -0.2) is 101 Å². The van der Waals surface area contributed by atoms with Gasteiger partial charge in [-0.2, -0.15) is 0 Å². The molecule has 2 aromatic rings. The number of carbonyl (C=O) groups is 5. The number of rotatable bonds is 15. The van der Waals surface area contributed by atoms with E-state index in [1.807, 2.05) is 0 Å². The molecule has 2 unspecified atom stereocenters. The van der Waals surface area contributed by atoms with Crippen molar-refractivity contribution in [3.8, 4) is 5.75 Å². The third-order valence-electron chi connectivity index (χ3n) is 8.96. The van der Waals surface area contributed by atoms with Crippen molar-refractivity contribution < 1.29 is 43.3 Å². The predicted octanol–water partition coefficient (Wildman–Crippen LogP) is 5.23. The number of thiazole rings is 1. The van der Waals surface area contributed by atoms with E-state index in [1.165, 1.54) is 23.3 Å². The van der Waals surface area contributed by atoms with Crippen molar-refractivity contribution in [1.82, 2.24) is 20.1 Å². The Morgan fingerprint density at radius 1 is 1.06 bits per heavy atom. The summed E-state index contributed by atoms with van der Waals surface area (Å²) in [6.07, 6.45) is 5.44. The molecule has 3 amide bonds. The highest BCUT2D eigenvalue weighted by Crippen LogP contribution is 2.36. The van der Waals surface area contributed by atoms with Crippen LogP contribution in [0.3, 0.4) is 0 Å². The average molecular weight is 715 g/mol. The lowest BCUT2D eigenvalue weighted by Crippen LogP contribution is -2.56. The molecule has 0 radical (unpaired) electrons. The fraction of sp³-hybridized carbons (Fsp3) is 0.611. The van der Waals surface area contributed by atoms with Gasteiger partial charge in [0.2, 0.25) is 17.6 Å². The Labute approximate surface area is 297 Å². The maximum Gasteiger partial charge on any atom is 0.410 e. The molecule has 0 bridgehead atoms. The zero-order chi connectivity index (χ0) is 36.4. The number of benzene rings is 1. The Balaban J connectivity index is 1.43. The standard InChI is InChI=1S/C36H50N4O9S/c1-23(39(5)35(46)49-36(2,3)4)32(44)38-30(24-11-7-6-8-12-24)34(45)40-17-10-15-28(40)33-37-27(22-50-33)31(43)25-13-9-14-26(21-25)48-20-19-47-18-16-29(41)42/h9,13-14,21-24,28,30H,6-8,10-12,15-20H2,1-5H3,(H,38,44)(H,41,42)/t23?,28-,30?/m0/s1. The van der Waals surface area contributed by atoms with Gasteiger partial charge in [0, 0.05) is 24.5 Å². The highest BCUT2D eigenvalue weighted by molar-refractivity contribution is 7.10. The van der Waals surface area contributed by atoms with E-state index in [0.717, 1.165) is 38.5 Å². The number of hydrogen-bond acceptors (Lipinski definition) is 10. The summed E-state index contributed by atoms with van der Waals surface area (Å²) in [7, 11) is 1.51. The molecule has 274 valence electrons. The van der Waals surface area contributed by atoms with Gasteiger partial charge in [0.15, 0.2) is 0 Å². The van der Waals surface area contributed by atoms with Crippen LogP contribution in [-0.2, 0) is 23.9 Å². The van der Waals surface area contributed by atoms with E-state index in [4.69, 9.17) is 24.3 Å². The number of aromatic nitrogens is 1. The van der Waals surface area contributed by atoms with Crippen LogP contribution in [0.4, 0.5) is 4.79 Å². The van der Waals surface area contributed by atoms with Gasteiger partial charge < -0.3 is 29.5 Å². The molecule has 2 aliphatic rings. The number of likely N-dealkylation sites (tertiary alicyclic amines) is 1. The summed E-state index contributed by atoms with van der Waals surface area (Å²) in [6.45, 7) is 7.92. The van der Waals surface area contributed by atoms with E-state index in [0.29, 0.717) is 29.3 Å². The number of amides is 3. The van der Waals surface area contributed by atoms with Crippen LogP contribution < -0.4 is 10.1 Å². The van der Waals surface area contributed by atoms with Gasteiger partial charge in [-0.1, -0.05) is 31.4 Å². The number of carboxylic acids is 1. The fourth-order valence-corrected chi connectivity index (χ4v) is 7.10. The molecule has 14 heteroatoms. The number of hydrogen-bond donors (Lipinski definition) is 2. The Hall–Kier alpha value is -4.04. The second kappa shape index (κ2) is 17.8. The van der Waals surface area contributed by atoms with Crippen LogP contribution >= 0.6 is 11.3 Å². The topological polar surface area (TPSA) is 165 Å². The summed E-state index contributed by atoms with van der Waals surface area (Å²) in [4.78, 5) is 72.3. The SMILES string of the molecule is CC(C(=O)NC(C(=O)N1CCC[C@H]1c1nc(C(=O)c2cccc(OCCOCCC(=O)O)c2)cs1)C1CCCCC1)N(C)C(=O)OC(C)(C)C. The van der Waals surface area contributed by atoms with Gasteiger partial charge in [0.05, 0.1) is 25.7 Å². The maximum atomic E-state index is 14.3. The zero-order valence-corrected chi connectivity index (χ0v) is 30.5. The Bertz CT molecular complexity index is 1500. The molecule has 50 heavy (non-hydrogen) atoms. The summed E-state index contributed by atoms with van der Waals surface area (Å²) in [5.74, 6) is -1.35. The number of ketones is 1. The van der Waals surface area contributed by atoms with Crippen LogP contribution in [0.1, 0.15) is 106 Å². The third kappa shape index (κ3) is 10.7. The number of ether oxygens (including phenoxy) is 3. The lowest BCUT2D eigenvalue weighted by molar-refractivity contribution is -0.140. The predicted molar refractivity (Wildman–Crippen MR) is 186 cm³/mol. The average Bonchev–Trinajstić information content (AvgIpc) is 3.77.